The maximum absolute atomic E-state index is 14.3. The van der Waals surface area contributed by atoms with Crippen molar-refractivity contribution in [1.29, 1.82) is 0 Å². The van der Waals surface area contributed by atoms with Crippen LogP contribution in [0.15, 0.2) is 23.1 Å². The third-order valence-corrected chi connectivity index (χ3v) is 6.17. The van der Waals surface area contributed by atoms with E-state index in [0.29, 0.717) is 13.1 Å². The minimum atomic E-state index is -3.85. The predicted octanol–water partition coefficient (Wildman–Crippen LogP) is 1.45. The van der Waals surface area contributed by atoms with E-state index in [-0.39, 0.29) is 29.4 Å². The Labute approximate surface area is 148 Å². The Hall–Kier alpha value is -1.22. The normalized spacial score (nSPS) is 16.1. The van der Waals surface area contributed by atoms with Gasteiger partial charge in [0.25, 0.3) is 5.91 Å². The minimum Gasteiger partial charge on any atom is -0.339 e. The lowest BCUT2D eigenvalue weighted by molar-refractivity contribution is 0.0788. The topological polar surface area (TPSA) is 83.7 Å². The summed E-state index contributed by atoms with van der Waals surface area (Å²) in [5.74, 6) is -1.22. The molecule has 0 spiro atoms. The first kappa shape index (κ1) is 20.8. The highest BCUT2D eigenvalue weighted by Crippen LogP contribution is 2.21. The van der Waals surface area contributed by atoms with Gasteiger partial charge < -0.3 is 10.6 Å². The molecule has 1 aromatic carbocycles. The molecule has 1 saturated heterocycles. The van der Waals surface area contributed by atoms with E-state index in [4.69, 9.17) is 5.73 Å². The standard InChI is InChI=1S/C15H22FN3O3S.ClH/c1-11(10-17)18(2)23(21,22)12-5-6-13(14(16)9-12)15(20)19-7-3-4-8-19;/h5-6,9,11H,3-4,7-8,10,17H2,1-2H3;1H. The molecular weight excluding hydrogens is 357 g/mol. The number of amides is 1. The molecule has 9 heteroatoms. The van der Waals surface area contributed by atoms with Gasteiger partial charge in [-0.2, -0.15) is 4.31 Å². The highest BCUT2D eigenvalue weighted by Gasteiger charge is 2.27. The predicted molar refractivity (Wildman–Crippen MR) is 92.3 cm³/mol. The van der Waals surface area contributed by atoms with Crippen molar-refractivity contribution in [2.45, 2.75) is 30.7 Å². The second-order valence-electron chi connectivity index (χ2n) is 5.75. The van der Waals surface area contributed by atoms with E-state index in [1.54, 1.807) is 11.8 Å². The van der Waals surface area contributed by atoms with E-state index in [1.807, 2.05) is 0 Å². The molecule has 2 rings (SSSR count). The molecule has 0 bridgehead atoms. The zero-order chi connectivity index (χ0) is 17.2. The summed E-state index contributed by atoms with van der Waals surface area (Å²) in [5, 5.41) is 0. The van der Waals surface area contributed by atoms with Crippen molar-refractivity contribution in [3.8, 4) is 0 Å². The van der Waals surface area contributed by atoms with Crippen molar-refractivity contribution in [2.24, 2.45) is 5.73 Å². The molecule has 0 radical (unpaired) electrons. The molecule has 24 heavy (non-hydrogen) atoms. The number of nitrogens with two attached hydrogens (primary N) is 1. The van der Waals surface area contributed by atoms with E-state index in [2.05, 4.69) is 0 Å². The fourth-order valence-corrected chi connectivity index (χ4v) is 3.86. The average Bonchev–Trinajstić information content (AvgIpc) is 3.07. The Balaban J connectivity index is 0.00000288. The van der Waals surface area contributed by atoms with Gasteiger partial charge in [-0.25, -0.2) is 12.8 Å². The van der Waals surface area contributed by atoms with E-state index in [1.165, 1.54) is 19.2 Å². The largest absolute Gasteiger partial charge is 0.339 e. The molecular formula is C15H23ClFN3O3S. The number of carbonyl (C=O) groups excluding carboxylic acids is 1. The minimum absolute atomic E-state index is 0. The molecule has 0 aromatic heterocycles. The summed E-state index contributed by atoms with van der Waals surface area (Å²) in [5.41, 5.74) is 5.38. The molecule has 1 heterocycles. The summed E-state index contributed by atoms with van der Waals surface area (Å²) >= 11 is 0. The number of hydrogen-bond donors (Lipinski definition) is 1. The molecule has 6 nitrogen and oxygen atoms in total. The zero-order valence-corrected chi connectivity index (χ0v) is 15.4. The SMILES string of the molecule is CC(CN)N(C)S(=O)(=O)c1ccc(C(=O)N2CCCC2)c(F)c1.Cl. The molecule has 1 aliphatic rings. The lowest BCUT2D eigenvalue weighted by Crippen LogP contribution is -2.39. The van der Waals surface area contributed by atoms with Crippen LogP contribution in [-0.4, -0.2) is 56.3 Å². The Morgan fingerprint density at radius 2 is 1.96 bits per heavy atom. The van der Waals surface area contributed by atoms with E-state index >= 15 is 0 Å². The molecule has 1 fully saturated rings. The van der Waals surface area contributed by atoms with Gasteiger partial charge in [0, 0.05) is 32.7 Å². The lowest BCUT2D eigenvalue weighted by Gasteiger charge is -2.23. The van der Waals surface area contributed by atoms with Crippen LogP contribution in [0.1, 0.15) is 30.1 Å². The third-order valence-electron chi connectivity index (χ3n) is 4.20. The van der Waals surface area contributed by atoms with Crippen molar-refractivity contribution in [1.82, 2.24) is 9.21 Å². The fraction of sp³-hybridized carbons (Fsp3) is 0.533. The zero-order valence-electron chi connectivity index (χ0n) is 13.7. The van der Waals surface area contributed by atoms with E-state index < -0.39 is 27.8 Å². The maximum Gasteiger partial charge on any atom is 0.256 e. The Morgan fingerprint density at radius 1 is 1.38 bits per heavy atom. The van der Waals surface area contributed by atoms with Crippen molar-refractivity contribution in [3.63, 3.8) is 0 Å². The quantitative estimate of drug-likeness (QED) is 0.839. The number of halogens is 2. The molecule has 136 valence electrons. The van der Waals surface area contributed by atoms with Crippen LogP contribution in [0.25, 0.3) is 0 Å². The molecule has 0 saturated carbocycles. The van der Waals surface area contributed by atoms with Gasteiger partial charge in [0.15, 0.2) is 0 Å². The smallest absolute Gasteiger partial charge is 0.256 e. The van der Waals surface area contributed by atoms with Crippen molar-refractivity contribution in [3.05, 3.63) is 29.6 Å². The molecule has 0 aliphatic carbocycles. The number of benzene rings is 1. The summed E-state index contributed by atoms with van der Waals surface area (Å²) in [7, 11) is -2.45. The highest BCUT2D eigenvalue weighted by atomic mass is 35.5. The molecule has 1 aliphatic heterocycles. The molecule has 2 N–H and O–H groups in total. The summed E-state index contributed by atoms with van der Waals surface area (Å²) in [6, 6.07) is 3.00. The third kappa shape index (κ3) is 4.05. The summed E-state index contributed by atoms with van der Waals surface area (Å²) < 4.78 is 40.2. The number of rotatable bonds is 5. The number of likely N-dealkylation sites (N-methyl/N-ethyl adjacent to an activating group) is 1. The maximum atomic E-state index is 14.3. The van der Waals surface area contributed by atoms with Crippen LogP contribution in [-0.2, 0) is 10.0 Å². The second kappa shape index (κ2) is 8.24. The summed E-state index contributed by atoms with van der Waals surface area (Å²) in [4.78, 5) is 13.6. The number of likely N-dealkylation sites (tertiary alicyclic amines) is 1. The molecule has 1 atom stereocenters. The molecule has 1 unspecified atom stereocenters. The highest BCUT2D eigenvalue weighted by molar-refractivity contribution is 7.89. The van der Waals surface area contributed by atoms with Crippen LogP contribution in [0.2, 0.25) is 0 Å². The van der Waals surface area contributed by atoms with Gasteiger partial charge in [-0.15, -0.1) is 12.4 Å². The summed E-state index contributed by atoms with van der Waals surface area (Å²) in [6.07, 6.45) is 1.81. The Kier molecular flexibility index (Phi) is 7.15. The first-order valence-corrected chi connectivity index (χ1v) is 9.00. The van der Waals surface area contributed by atoms with Crippen molar-refractivity contribution >= 4 is 28.3 Å². The van der Waals surface area contributed by atoms with Gasteiger partial charge in [-0.05, 0) is 38.0 Å². The van der Waals surface area contributed by atoms with Gasteiger partial charge in [-0.1, -0.05) is 0 Å². The van der Waals surface area contributed by atoms with Gasteiger partial charge in [0.2, 0.25) is 10.0 Å². The van der Waals surface area contributed by atoms with Crippen LogP contribution in [0, 0.1) is 5.82 Å². The first-order chi connectivity index (χ1) is 10.8. The van der Waals surface area contributed by atoms with Crippen LogP contribution in [0.5, 0.6) is 0 Å². The number of carbonyl (C=O) groups is 1. The van der Waals surface area contributed by atoms with Crippen LogP contribution < -0.4 is 5.73 Å². The van der Waals surface area contributed by atoms with E-state index in [0.717, 1.165) is 23.2 Å². The van der Waals surface area contributed by atoms with Crippen molar-refractivity contribution < 1.29 is 17.6 Å². The molecule has 1 amide bonds. The van der Waals surface area contributed by atoms with E-state index in [9.17, 15) is 17.6 Å². The van der Waals surface area contributed by atoms with Gasteiger partial charge in [0.1, 0.15) is 5.82 Å². The Bertz CT molecular complexity index is 693. The second-order valence-corrected chi connectivity index (χ2v) is 7.74. The fourth-order valence-electron chi connectivity index (χ4n) is 2.47. The molecule has 1 aromatic rings. The van der Waals surface area contributed by atoms with Crippen molar-refractivity contribution in [2.75, 3.05) is 26.7 Å². The van der Waals surface area contributed by atoms with Crippen LogP contribution in [0.3, 0.4) is 0 Å². The monoisotopic (exact) mass is 379 g/mol. The van der Waals surface area contributed by atoms with Crippen LogP contribution >= 0.6 is 12.4 Å². The first-order valence-electron chi connectivity index (χ1n) is 7.56. The average molecular weight is 380 g/mol. The van der Waals surface area contributed by atoms with Crippen LogP contribution in [0.4, 0.5) is 4.39 Å². The van der Waals surface area contributed by atoms with Gasteiger partial charge >= 0.3 is 0 Å². The number of nitrogens with zero attached hydrogens (tertiary/aromatic N) is 2. The Morgan fingerprint density at radius 3 is 2.46 bits per heavy atom. The number of hydrogen-bond acceptors (Lipinski definition) is 4. The number of sulfonamides is 1. The lowest BCUT2D eigenvalue weighted by atomic mass is 10.2. The van der Waals surface area contributed by atoms with Gasteiger partial charge in [-0.3, -0.25) is 4.79 Å². The van der Waals surface area contributed by atoms with Gasteiger partial charge in [0.05, 0.1) is 10.5 Å². The summed E-state index contributed by atoms with van der Waals surface area (Å²) in [6.45, 7) is 3.03.